The minimum Gasteiger partial charge on any atom is -0.481 e. The van der Waals surface area contributed by atoms with Crippen LogP contribution in [0.15, 0.2) is 24.5 Å². The van der Waals surface area contributed by atoms with E-state index in [0.717, 1.165) is 24.8 Å². The standard InChI is InChI=1S/C14H21N3O3/c18-13(19)4-2-1-3-8-16-14(20)17-11-7-12-5-9-15-10-6-12/h5-6,9-10H,1-4,7-8,11H2,(H,18,19)(H2,16,17,20). The number of hydrogen-bond acceptors (Lipinski definition) is 3. The van der Waals surface area contributed by atoms with Gasteiger partial charge in [0, 0.05) is 31.9 Å². The number of hydrogen-bond donors (Lipinski definition) is 3. The quantitative estimate of drug-likeness (QED) is 0.598. The molecule has 1 rings (SSSR count). The maximum absolute atomic E-state index is 11.4. The number of aliphatic carboxylic acids is 1. The van der Waals surface area contributed by atoms with Crippen molar-refractivity contribution < 1.29 is 14.7 Å². The highest BCUT2D eigenvalue weighted by Crippen LogP contribution is 1.98. The summed E-state index contributed by atoms with van der Waals surface area (Å²) in [7, 11) is 0. The SMILES string of the molecule is O=C(O)CCCCCNC(=O)NCCc1ccncc1. The van der Waals surface area contributed by atoms with Crippen molar-refractivity contribution in [1.29, 1.82) is 0 Å². The lowest BCUT2D eigenvalue weighted by Gasteiger charge is -2.07. The van der Waals surface area contributed by atoms with Crippen LogP contribution in [0.3, 0.4) is 0 Å². The van der Waals surface area contributed by atoms with E-state index < -0.39 is 5.97 Å². The smallest absolute Gasteiger partial charge is 0.314 e. The third kappa shape index (κ3) is 8.07. The summed E-state index contributed by atoms with van der Waals surface area (Å²) in [4.78, 5) is 25.7. The minimum atomic E-state index is -0.771. The second-order valence-corrected chi connectivity index (χ2v) is 4.49. The van der Waals surface area contributed by atoms with Gasteiger partial charge in [0.15, 0.2) is 0 Å². The highest BCUT2D eigenvalue weighted by molar-refractivity contribution is 5.73. The molecule has 6 nitrogen and oxygen atoms in total. The Balaban J connectivity index is 1.97. The summed E-state index contributed by atoms with van der Waals surface area (Å²) in [6.07, 6.45) is 6.68. The van der Waals surface area contributed by atoms with E-state index in [1.807, 2.05) is 12.1 Å². The predicted molar refractivity (Wildman–Crippen MR) is 75.4 cm³/mol. The van der Waals surface area contributed by atoms with E-state index in [-0.39, 0.29) is 12.5 Å². The zero-order valence-corrected chi connectivity index (χ0v) is 11.5. The Kier molecular flexibility index (Phi) is 7.79. The largest absolute Gasteiger partial charge is 0.481 e. The fraction of sp³-hybridized carbons (Fsp3) is 0.500. The molecule has 2 amide bonds. The predicted octanol–water partition coefficient (Wildman–Crippen LogP) is 1.57. The molecule has 0 atom stereocenters. The molecule has 6 heteroatoms. The second kappa shape index (κ2) is 9.77. The lowest BCUT2D eigenvalue weighted by Crippen LogP contribution is -2.37. The zero-order valence-electron chi connectivity index (χ0n) is 11.5. The van der Waals surface area contributed by atoms with Gasteiger partial charge in [-0.05, 0) is 37.0 Å². The van der Waals surface area contributed by atoms with Crippen molar-refractivity contribution in [1.82, 2.24) is 15.6 Å². The number of carbonyl (C=O) groups excluding carboxylic acids is 1. The number of urea groups is 1. The van der Waals surface area contributed by atoms with Crippen LogP contribution in [0.4, 0.5) is 4.79 Å². The molecule has 0 unspecified atom stereocenters. The number of nitrogens with zero attached hydrogens (tertiary/aromatic N) is 1. The fourth-order valence-corrected chi connectivity index (χ4v) is 1.71. The zero-order chi connectivity index (χ0) is 14.6. The van der Waals surface area contributed by atoms with E-state index in [2.05, 4.69) is 15.6 Å². The Bertz CT molecular complexity index is 409. The second-order valence-electron chi connectivity index (χ2n) is 4.49. The van der Waals surface area contributed by atoms with Crippen LogP contribution in [0.25, 0.3) is 0 Å². The Morgan fingerprint density at radius 3 is 2.45 bits per heavy atom. The van der Waals surface area contributed by atoms with Gasteiger partial charge >= 0.3 is 12.0 Å². The maximum Gasteiger partial charge on any atom is 0.314 e. The maximum atomic E-state index is 11.4. The van der Waals surface area contributed by atoms with E-state index in [1.54, 1.807) is 12.4 Å². The number of carboxylic acid groups (broad SMARTS) is 1. The van der Waals surface area contributed by atoms with Gasteiger partial charge in [-0.25, -0.2) is 4.79 Å². The number of rotatable bonds is 9. The molecule has 1 heterocycles. The molecule has 0 aliphatic rings. The lowest BCUT2D eigenvalue weighted by atomic mass is 10.2. The Morgan fingerprint density at radius 2 is 1.75 bits per heavy atom. The minimum absolute atomic E-state index is 0.183. The van der Waals surface area contributed by atoms with Crippen molar-refractivity contribution in [2.24, 2.45) is 0 Å². The summed E-state index contributed by atoms with van der Waals surface area (Å²) < 4.78 is 0. The van der Waals surface area contributed by atoms with Gasteiger partial charge < -0.3 is 15.7 Å². The Labute approximate surface area is 118 Å². The van der Waals surface area contributed by atoms with Crippen molar-refractivity contribution in [3.05, 3.63) is 30.1 Å². The summed E-state index contributed by atoms with van der Waals surface area (Å²) in [6, 6.07) is 3.65. The Morgan fingerprint density at radius 1 is 1.05 bits per heavy atom. The van der Waals surface area contributed by atoms with Crippen LogP contribution < -0.4 is 10.6 Å². The van der Waals surface area contributed by atoms with E-state index in [4.69, 9.17) is 5.11 Å². The van der Waals surface area contributed by atoms with Crippen LogP contribution in [0.1, 0.15) is 31.2 Å². The highest BCUT2D eigenvalue weighted by Gasteiger charge is 2.00. The summed E-state index contributed by atoms with van der Waals surface area (Å²) in [5, 5.41) is 14.0. The van der Waals surface area contributed by atoms with Crippen LogP contribution in [0.2, 0.25) is 0 Å². The molecule has 3 N–H and O–H groups in total. The fourth-order valence-electron chi connectivity index (χ4n) is 1.71. The van der Waals surface area contributed by atoms with Gasteiger partial charge in [0.1, 0.15) is 0 Å². The van der Waals surface area contributed by atoms with E-state index in [9.17, 15) is 9.59 Å². The molecule has 0 bridgehead atoms. The average molecular weight is 279 g/mol. The number of pyridine rings is 1. The van der Waals surface area contributed by atoms with Gasteiger partial charge in [-0.15, -0.1) is 0 Å². The van der Waals surface area contributed by atoms with Gasteiger partial charge in [0.05, 0.1) is 0 Å². The number of unbranched alkanes of at least 4 members (excludes halogenated alkanes) is 2. The molecule has 20 heavy (non-hydrogen) atoms. The lowest BCUT2D eigenvalue weighted by molar-refractivity contribution is -0.137. The first-order chi connectivity index (χ1) is 9.68. The molecule has 0 saturated carbocycles. The molecule has 0 aromatic carbocycles. The van der Waals surface area contributed by atoms with E-state index >= 15 is 0 Å². The van der Waals surface area contributed by atoms with E-state index in [0.29, 0.717) is 19.5 Å². The first-order valence-electron chi connectivity index (χ1n) is 6.81. The van der Waals surface area contributed by atoms with Gasteiger partial charge in [-0.1, -0.05) is 6.42 Å². The number of amides is 2. The van der Waals surface area contributed by atoms with Gasteiger partial charge in [0.25, 0.3) is 0 Å². The topological polar surface area (TPSA) is 91.3 Å². The number of carboxylic acids is 1. The molecular weight excluding hydrogens is 258 g/mol. The Hall–Kier alpha value is -2.11. The third-order valence-electron chi connectivity index (χ3n) is 2.80. The van der Waals surface area contributed by atoms with Crippen molar-refractivity contribution in [3.8, 4) is 0 Å². The third-order valence-corrected chi connectivity index (χ3v) is 2.80. The summed E-state index contributed by atoms with van der Waals surface area (Å²) in [5.41, 5.74) is 1.13. The monoisotopic (exact) mass is 279 g/mol. The first-order valence-corrected chi connectivity index (χ1v) is 6.81. The molecule has 1 aromatic rings. The van der Waals surface area contributed by atoms with Gasteiger partial charge in [0.2, 0.25) is 0 Å². The molecule has 0 spiro atoms. The van der Waals surface area contributed by atoms with Crippen LogP contribution in [-0.4, -0.2) is 35.2 Å². The molecule has 0 radical (unpaired) electrons. The number of aromatic nitrogens is 1. The van der Waals surface area contributed by atoms with Crippen molar-refractivity contribution >= 4 is 12.0 Å². The molecular formula is C14H21N3O3. The van der Waals surface area contributed by atoms with Crippen molar-refractivity contribution in [2.45, 2.75) is 32.1 Å². The summed E-state index contributed by atoms with van der Waals surface area (Å²) in [5.74, 6) is -0.771. The van der Waals surface area contributed by atoms with Gasteiger partial charge in [-0.2, -0.15) is 0 Å². The summed E-state index contributed by atoms with van der Waals surface area (Å²) >= 11 is 0. The van der Waals surface area contributed by atoms with Crippen LogP contribution >= 0.6 is 0 Å². The first kappa shape index (κ1) is 15.9. The van der Waals surface area contributed by atoms with Gasteiger partial charge in [-0.3, -0.25) is 9.78 Å². The van der Waals surface area contributed by atoms with Crippen molar-refractivity contribution in [3.63, 3.8) is 0 Å². The molecule has 0 fully saturated rings. The van der Waals surface area contributed by atoms with Crippen LogP contribution in [0.5, 0.6) is 0 Å². The normalized spacial score (nSPS) is 10.0. The number of carbonyl (C=O) groups is 2. The average Bonchev–Trinajstić information content (AvgIpc) is 2.43. The molecule has 0 aliphatic heterocycles. The van der Waals surface area contributed by atoms with Crippen LogP contribution in [0, 0.1) is 0 Å². The van der Waals surface area contributed by atoms with Crippen LogP contribution in [-0.2, 0) is 11.2 Å². The molecule has 110 valence electrons. The van der Waals surface area contributed by atoms with E-state index in [1.165, 1.54) is 0 Å². The number of nitrogens with one attached hydrogen (secondary N) is 2. The molecule has 1 aromatic heterocycles. The van der Waals surface area contributed by atoms with Crippen molar-refractivity contribution in [2.75, 3.05) is 13.1 Å². The highest BCUT2D eigenvalue weighted by atomic mass is 16.4. The molecule has 0 aliphatic carbocycles. The summed E-state index contributed by atoms with van der Waals surface area (Å²) in [6.45, 7) is 1.15. The molecule has 0 saturated heterocycles.